The van der Waals surface area contributed by atoms with Crippen LogP contribution in [0.3, 0.4) is 0 Å². The highest BCUT2D eigenvalue weighted by atomic mass is 16.5. The molecule has 0 amide bonds. The molecule has 0 spiro atoms. The van der Waals surface area contributed by atoms with Crippen molar-refractivity contribution in [3.8, 4) is 0 Å². The van der Waals surface area contributed by atoms with Crippen LogP contribution in [0.2, 0.25) is 0 Å². The maximum Gasteiger partial charge on any atom is 0.338 e. The summed E-state index contributed by atoms with van der Waals surface area (Å²) in [7, 11) is 0. The van der Waals surface area contributed by atoms with E-state index in [1.54, 1.807) is 16.8 Å². The van der Waals surface area contributed by atoms with Gasteiger partial charge in [-0.3, -0.25) is 0 Å². The standard InChI is InChI=1S/C17H17N3O2/c1-3-20-16-8-7-14(10-15(16)18-19-20)17(21)22-11-13-6-4-5-12(2)9-13/h4-10H,3,11H2,1-2H3. The molecule has 0 aliphatic rings. The third-order valence-corrected chi connectivity index (χ3v) is 3.50. The Bertz CT molecular complexity index is 824. The first-order valence-corrected chi connectivity index (χ1v) is 7.23. The lowest BCUT2D eigenvalue weighted by Gasteiger charge is -2.06. The quantitative estimate of drug-likeness (QED) is 0.694. The molecule has 5 nitrogen and oxygen atoms in total. The molecular weight excluding hydrogens is 278 g/mol. The predicted octanol–water partition coefficient (Wildman–Crippen LogP) is 3.12. The second-order valence-corrected chi connectivity index (χ2v) is 5.17. The predicted molar refractivity (Wildman–Crippen MR) is 83.5 cm³/mol. The smallest absolute Gasteiger partial charge is 0.338 e. The zero-order chi connectivity index (χ0) is 15.5. The van der Waals surface area contributed by atoms with Gasteiger partial charge in [-0.05, 0) is 37.6 Å². The van der Waals surface area contributed by atoms with Crippen molar-refractivity contribution in [1.29, 1.82) is 0 Å². The van der Waals surface area contributed by atoms with Crippen LogP contribution in [0.1, 0.15) is 28.4 Å². The molecule has 22 heavy (non-hydrogen) atoms. The van der Waals surface area contributed by atoms with Gasteiger partial charge in [0.1, 0.15) is 12.1 Å². The van der Waals surface area contributed by atoms with Crippen LogP contribution in [0.4, 0.5) is 0 Å². The van der Waals surface area contributed by atoms with Gasteiger partial charge in [0.25, 0.3) is 0 Å². The van der Waals surface area contributed by atoms with E-state index in [2.05, 4.69) is 10.3 Å². The summed E-state index contributed by atoms with van der Waals surface area (Å²) in [6, 6.07) is 13.2. The second-order valence-electron chi connectivity index (χ2n) is 5.17. The van der Waals surface area contributed by atoms with Crippen molar-refractivity contribution >= 4 is 17.0 Å². The summed E-state index contributed by atoms with van der Waals surface area (Å²) >= 11 is 0. The first-order valence-electron chi connectivity index (χ1n) is 7.23. The van der Waals surface area contributed by atoms with E-state index in [4.69, 9.17) is 4.74 Å². The number of rotatable bonds is 4. The third kappa shape index (κ3) is 2.83. The molecule has 0 saturated carbocycles. The fraction of sp³-hybridized carbons (Fsp3) is 0.235. The molecule has 3 aromatic rings. The Morgan fingerprint density at radius 3 is 2.86 bits per heavy atom. The van der Waals surface area contributed by atoms with Gasteiger partial charge >= 0.3 is 5.97 Å². The molecule has 1 aromatic heterocycles. The molecule has 0 saturated heterocycles. The monoisotopic (exact) mass is 295 g/mol. The van der Waals surface area contributed by atoms with E-state index in [1.807, 2.05) is 44.2 Å². The van der Waals surface area contributed by atoms with Gasteiger partial charge in [0, 0.05) is 6.54 Å². The van der Waals surface area contributed by atoms with Crippen molar-refractivity contribution in [3.63, 3.8) is 0 Å². The van der Waals surface area contributed by atoms with Gasteiger partial charge in [-0.25, -0.2) is 9.48 Å². The first kappa shape index (κ1) is 14.3. The van der Waals surface area contributed by atoms with Crippen molar-refractivity contribution in [1.82, 2.24) is 15.0 Å². The number of carbonyl (C=O) groups is 1. The van der Waals surface area contributed by atoms with E-state index in [-0.39, 0.29) is 12.6 Å². The summed E-state index contributed by atoms with van der Waals surface area (Å²) in [5, 5.41) is 8.10. The van der Waals surface area contributed by atoms with Crippen molar-refractivity contribution in [2.24, 2.45) is 0 Å². The van der Waals surface area contributed by atoms with E-state index in [0.717, 1.165) is 23.2 Å². The average Bonchev–Trinajstić information content (AvgIpc) is 2.95. The maximum atomic E-state index is 12.1. The van der Waals surface area contributed by atoms with Gasteiger partial charge in [0.2, 0.25) is 0 Å². The van der Waals surface area contributed by atoms with Crippen molar-refractivity contribution in [2.45, 2.75) is 27.0 Å². The molecule has 5 heteroatoms. The van der Waals surface area contributed by atoms with Crippen LogP contribution >= 0.6 is 0 Å². The topological polar surface area (TPSA) is 57.0 Å². The number of benzene rings is 2. The van der Waals surface area contributed by atoms with Gasteiger partial charge in [0.15, 0.2) is 0 Å². The van der Waals surface area contributed by atoms with Crippen molar-refractivity contribution in [3.05, 3.63) is 59.2 Å². The first-order chi connectivity index (χ1) is 10.7. The zero-order valence-corrected chi connectivity index (χ0v) is 12.6. The zero-order valence-electron chi connectivity index (χ0n) is 12.6. The summed E-state index contributed by atoms with van der Waals surface area (Å²) in [6.45, 7) is 5.02. The van der Waals surface area contributed by atoms with Gasteiger partial charge in [-0.1, -0.05) is 35.0 Å². The Kier molecular flexibility index (Phi) is 3.87. The van der Waals surface area contributed by atoms with Crippen molar-refractivity contribution in [2.75, 3.05) is 0 Å². The number of nitrogens with zero attached hydrogens (tertiary/aromatic N) is 3. The van der Waals surface area contributed by atoms with Gasteiger partial charge in [-0.2, -0.15) is 0 Å². The number of hydrogen-bond acceptors (Lipinski definition) is 4. The van der Waals surface area contributed by atoms with E-state index in [0.29, 0.717) is 11.1 Å². The van der Waals surface area contributed by atoms with Gasteiger partial charge < -0.3 is 4.74 Å². The number of carbonyl (C=O) groups excluding carboxylic acids is 1. The van der Waals surface area contributed by atoms with Crippen LogP contribution in [-0.2, 0) is 17.9 Å². The van der Waals surface area contributed by atoms with E-state index >= 15 is 0 Å². The van der Waals surface area contributed by atoms with E-state index in [9.17, 15) is 4.79 Å². The van der Waals surface area contributed by atoms with E-state index < -0.39 is 0 Å². The van der Waals surface area contributed by atoms with Crippen LogP contribution in [0.15, 0.2) is 42.5 Å². The Morgan fingerprint density at radius 2 is 2.09 bits per heavy atom. The number of aryl methyl sites for hydroxylation is 2. The lowest BCUT2D eigenvalue weighted by molar-refractivity contribution is 0.0473. The third-order valence-electron chi connectivity index (χ3n) is 3.50. The Morgan fingerprint density at radius 1 is 1.23 bits per heavy atom. The molecule has 2 aromatic carbocycles. The number of hydrogen-bond donors (Lipinski definition) is 0. The average molecular weight is 295 g/mol. The molecule has 0 aliphatic carbocycles. The minimum atomic E-state index is -0.352. The highest BCUT2D eigenvalue weighted by Gasteiger charge is 2.11. The summed E-state index contributed by atoms with van der Waals surface area (Å²) in [5.74, 6) is -0.352. The molecule has 0 aliphatic heterocycles. The highest BCUT2D eigenvalue weighted by Crippen LogP contribution is 2.15. The van der Waals surface area contributed by atoms with Crippen LogP contribution < -0.4 is 0 Å². The highest BCUT2D eigenvalue weighted by molar-refractivity contribution is 5.93. The molecule has 0 N–H and O–H groups in total. The normalized spacial score (nSPS) is 10.8. The molecule has 1 heterocycles. The number of ether oxygens (including phenoxy) is 1. The van der Waals surface area contributed by atoms with Crippen LogP contribution in [0.25, 0.3) is 11.0 Å². The van der Waals surface area contributed by atoms with Crippen molar-refractivity contribution < 1.29 is 9.53 Å². The Labute approximate surface area is 128 Å². The van der Waals surface area contributed by atoms with Gasteiger partial charge in [0.05, 0.1) is 11.1 Å². The Hall–Kier alpha value is -2.69. The summed E-state index contributed by atoms with van der Waals surface area (Å²) in [4.78, 5) is 12.1. The lowest BCUT2D eigenvalue weighted by Crippen LogP contribution is -2.05. The van der Waals surface area contributed by atoms with Gasteiger partial charge in [-0.15, -0.1) is 5.10 Å². The lowest BCUT2D eigenvalue weighted by atomic mass is 10.1. The van der Waals surface area contributed by atoms with E-state index in [1.165, 1.54) is 0 Å². The summed E-state index contributed by atoms with van der Waals surface area (Å²) < 4.78 is 7.15. The number of aromatic nitrogens is 3. The molecular formula is C17H17N3O2. The molecule has 112 valence electrons. The molecule has 0 bridgehead atoms. The number of fused-ring (bicyclic) bond motifs is 1. The van der Waals surface area contributed by atoms with Crippen LogP contribution in [0.5, 0.6) is 0 Å². The summed E-state index contributed by atoms with van der Waals surface area (Å²) in [6.07, 6.45) is 0. The minimum absolute atomic E-state index is 0.264. The number of esters is 1. The molecule has 0 fully saturated rings. The molecule has 0 radical (unpaired) electrons. The maximum absolute atomic E-state index is 12.1. The largest absolute Gasteiger partial charge is 0.457 e. The summed E-state index contributed by atoms with van der Waals surface area (Å²) in [5.41, 5.74) is 4.23. The van der Waals surface area contributed by atoms with Crippen LogP contribution in [0, 0.1) is 6.92 Å². The minimum Gasteiger partial charge on any atom is -0.457 e. The molecule has 0 atom stereocenters. The molecule has 0 unspecified atom stereocenters. The van der Waals surface area contributed by atoms with Crippen LogP contribution in [-0.4, -0.2) is 21.0 Å². The fourth-order valence-corrected chi connectivity index (χ4v) is 2.37. The second kappa shape index (κ2) is 5.97. The molecule has 3 rings (SSSR count). The fourth-order valence-electron chi connectivity index (χ4n) is 2.37. The Balaban J connectivity index is 1.74. The SMILES string of the molecule is CCn1nnc2cc(C(=O)OCc3cccc(C)c3)ccc21.